The van der Waals surface area contributed by atoms with Gasteiger partial charge in [-0.25, -0.2) is 4.79 Å². The molecule has 202 valence electrons. The van der Waals surface area contributed by atoms with Gasteiger partial charge in [0.25, 0.3) is 0 Å². The Kier molecular flexibility index (Phi) is 6.44. The number of fused-ring (bicyclic) bond motifs is 4. The number of carbonyl (C=O) groups excluding carboxylic acids is 2. The topological polar surface area (TPSA) is 71.5 Å². The van der Waals surface area contributed by atoms with Gasteiger partial charge in [-0.2, -0.15) is 0 Å². The monoisotopic (exact) mass is 539 g/mol. The summed E-state index contributed by atoms with van der Waals surface area (Å²) in [5.41, 5.74) is 7.03. The second-order valence-electron chi connectivity index (χ2n) is 10.6. The molecule has 1 N–H and O–H groups in total. The van der Waals surface area contributed by atoms with Gasteiger partial charge in [-0.05, 0) is 46.4 Å². The number of anilines is 1. The molecule has 2 aliphatic rings. The lowest BCUT2D eigenvalue weighted by Gasteiger charge is -2.28. The van der Waals surface area contributed by atoms with Gasteiger partial charge in [0.2, 0.25) is 5.91 Å². The largest absolute Gasteiger partial charge is 0.448 e. The SMILES string of the molecule is O=C(Nc1cccc2cccnc12)[C@@H]1[C@H](c2ccccc2)CCN1C(=O)OCC1c2ccccc2-c2ccccc21. The van der Waals surface area contributed by atoms with Crippen molar-refractivity contribution >= 4 is 28.6 Å². The average molecular weight is 540 g/mol. The van der Waals surface area contributed by atoms with E-state index in [4.69, 9.17) is 4.74 Å². The molecule has 4 aromatic carbocycles. The number of likely N-dealkylation sites (tertiary alicyclic amines) is 1. The zero-order chi connectivity index (χ0) is 27.8. The number of para-hydroxylation sites is 1. The smallest absolute Gasteiger partial charge is 0.410 e. The van der Waals surface area contributed by atoms with Gasteiger partial charge < -0.3 is 10.1 Å². The van der Waals surface area contributed by atoms with Gasteiger partial charge in [-0.3, -0.25) is 14.7 Å². The molecule has 0 radical (unpaired) electrons. The maximum absolute atomic E-state index is 14.0. The van der Waals surface area contributed by atoms with Crippen LogP contribution in [0.15, 0.2) is 115 Å². The molecule has 2 amide bonds. The van der Waals surface area contributed by atoms with E-state index < -0.39 is 12.1 Å². The van der Waals surface area contributed by atoms with Gasteiger partial charge >= 0.3 is 6.09 Å². The molecule has 1 aliphatic heterocycles. The number of benzene rings is 4. The van der Waals surface area contributed by atoms with E-state index in [1.165, 1.54) is 11.1 Å². The Hall–Kier alpha value is -4.97. The normalized spacial score (nSPS) is 17.7. The highest BCUT2D eigenvalue weighted by molar-refractivity contribution is 6.03. The fourth-order valence-electron chi connectivity index (χ4n) is 6.46. The molecule has 2 heterocycles. The summed E-state index contributed by atoms with van der Waals surface area (Å²) in [6.07, 6.45) is 1.91. The molecule has 41 heavy (non-hydrogen) atoms. The summed E-state index contributed by atoms with van der Waals surface area (Å²) in [6.45, 7) is 0.642. The van der Waals surface area contributed by atoms with E-state index in [-0.39, 0.29) is 24.3 Å². The third kappa shape index (κ3) is 4.51. The van der Waals surface area contributed by atoms with Crippen LogP contribution in [0.3, 0.4) is 0 Å². The van der Waals surface area contributed by atoms with Crippen LogP contribution in [-0.4, -0.2) is 41.1 Å². The average Bonchev–Trinajstić information content (AvgIpc) is 3.61. The molecule has 0 saturated carbocycles. The first-order valence-corrected chi connectivity index (χ1v) is 14.0. The molecular weight excluding hydrogens is 510 g/mol. The second-order valence-corrected chi connectivity index (χ2v) is 10.6. The van der Waals surface area contributed by atoms with Crippen LogP contribution in [-0.2, 0) is 9.53 Å². The minimum absolute atomic E-state index is 0.0482. The van der Waals surface area contributed by atoms with Gasteiger partial charge in [0.05, 0.1) is 11.2 Å². The van der Waals surface area contributed by atoms with E-state index in [0.29, 0.717) is 24.2 Å². The molecule has 6 heteroatoms. The first-order valence-electron chi connectivity index (χ1n) is 14.0. The number of carbonyl (C=O) groups is 2. The van der Waals surface area contributed by atoms with E-state index >= 15 is 0 Å². The highest BCUT2D eigenvalue weighted by Crippen LogP contribution is 2.45. The minimum atomic E-state index is -0.716. The number of nitrogens with zero attached hydrogens (tertiary/aromatic N) is 2. The lowest BCUT2D eigenvalue weighted by atomic mass is 9.91. The lowest BCUT2D eigenvalue weighted by Crippen LogP contribution is -2.46. The fraction of sp³-hybridized carbons (Fsp3) is 0.171. The van der Waals surface area contributed by atoms with Crippen molar-refractivity contribution in [3.63, 3.8) is 0 Å². The second kappa shape index (κ2) is 10.5. The Labute approximate surface area is 238 Å². The summed E-state index contributed by atoms with van der Waals surface area (Å²) in [5, 5.41) is 4.02. The molecule has 2 atom stereocenters. The van der Waals surface area contributed by atoms with Crippen LogP contribution >= 0.6 is 0 Å². The van der Waals surface area contributed by atoms with Crippen molar-refractivity contribution in [2.24, 2.45) is 0 Å². The Bertz CT molecular complexity index is 1700. The maximum atomic E-state index is 14.0. The molecule has 0 bridgehead atoms. The minimum Gasteiger partial charge on any atom is -0.448 e. The van der Waals surface area contributed by atoms with Crippen molar-refractivity contribution < 1.29 is 14.3 Å². The summed E-state index contributed by atoms with van der Waals surface area (Å²) < 4.78 is 6.00. The highest BCUT2D eigenvalue weighted by Gasteiger charge is 2.44. The number of ether oxygens (including phenoxy) is 1. The Balaban J connectivity index is 1.16. The van der Waals surface area contributed by atoms with Gasteiger partial charge in [-0.15, -0.1) is 0 Å². The molecule has 6 nitrogen and oxygen atoms in total. The third-order valence-corrected chi connectivity index (χ3v) is 8.36. The van der Waals surface area contributed by atoms with E-state index in [9.17, 15) is 9.59 Å². The Morgan fingerprint density at radius 1 is 0.805 bits per heavy atom. The number of hydrogen-bond donors (Lipinski definition) is 1. The van der Waals surface area contributed by atoms with Crippen molar-refractivity contribution in [1.82, 2.24) is 9.88 Å². The maximum Gasteiger partial charge on any atom is 0.410 e. The van der Waals surface area contributed by atoms with Crippen molar-refractivity contribution in [3.8, 4) is 11.1 Å². The molecule has 1 aliphatic carbocycles. The molecule has 1 aromatic heterocycles. The lowest BCUT2D eigenvalue weighted by molar-refractivity contribution is -0.120. The van der Waals surface area contributed by atoms with E-state index in [2.05, 4.69) is 34.6 Å². The van der Waals surface area contributed by atoms with Crippen LogP contribution < -0.4 is 5.32 Å². The van der Waals surface area contributed by atoms with Crippen LogP contribution in [0.2, 0.25) is 0 Å². The molecule has 0 unspecified atom stereocenters. The molecule has 0 spiro atoms. The fourth-order valence-corrected chi connectivity index (χ4v) is 6.46. The summed E-state index contributed by atoms with van der Waals surface area (Å²) in [7, 11) is 0. The molecule has 5 aromatic rings. The molecule has 7 rings (SSSR count). The van der Waals surface area contributed by atoms with Gasteiger partial charge in [0, 0.05) is 30.0 Å². The number of nitrogens with one attached hydrogen (secondary N) is 1. The predicted octanol–water partition coefficient (Wildman–Crippen LogP) is 6.98. The molecule has 1 fully saturated rings. The first-order chi connectivity index (χ1) is 20.2. The zero-order valence-electron chi connectivity index (χ0n) is 22.4. The number of pyridine rings is 1. The van der Waals surface area contributed by atoms with Crippen molar-refractivity contribution in [1.29, 1.82) is 0 Å². The van der Waals surface area contributed by atoms with Crippen LogP contribution in [0.1, 0.15) is 34.9 Å². The zero-order valence-corrected chi connectivity index (χ0v) is 22.4. The summed E-state index contributed by atoms with van der Waals surface area (Å²) >= 11 is 0. The van der Waals surface area contributed by atoms with E-state index in [0.717, 1.165) is 22.1 Å². The highest BCUT2D eigenvalue weighted by atomic mass is 16.6. The first kappa shape index (κ1) is 25.0. The summed E-state index contributed by atoms with van der Waals surface area (Å²) in [4.78, 5) is 33.7. The number of rotatable bonds is 5. The van der Waals surface area contributed by atoms with Crippen molar-refractivity contribution in [3.05, 3.63) is 132 Å². The van der Waals surface area contributed by atoms with Crippen LogP contribution in [0.5, 0.6) is 0 Å². The molecule has 1 saturated heterocycles. The quantitative estimate of drug-likeness (QED) is 0.262. The molecular formula is C35H29N3O3. The van der Waals surface area contributed by atoms with Gasteiger partial charge in [0.1, 0.15) is 12.6 Å². The van der Waals surface area contributed by atoms with Gasteiger partial charge in [-0.1, -0.05) is 97.1 Å². The predicted molar refractivity (Wildman–Crippen MR) is 160 cm³/mol. The van der Waals surface area contributed by atoms with Crippen LogP contribution in [0, 0.1) is 0 Å². The Morgan fingerprint density at radius 2 is 1.49 bits per heavy atom. The Morgan fingerprint density at radius 3 is 2.24 bits per heavy atom. The number of amides is 2. The standard InChI is InChI=1S/C35H29N3O3/c39-34(37-31-18-8-12-24-13-9-20-36-32(24)31)33-25(23-10-2-1-3-11-23)19-21-38(33)35(40)41-22-30-28-16-6-4-14-26(28)27-15-5-7-17-29(27)30/h1-18,20,25,30,33H,19,21-22H2,(H,37,39)/t25-,33-/m0/s1. The number of aromatic nitrogens is 1. The van der Waals surface area contributed by atoms with Gasteiger partial charge in [0.15, 0.2) is 0 Å². The van der Waals surface area contributed by atoms with Crippen molar-refractivity contribution in [2.45, 2.75) is 24.3 Å². The third-order valence-electron chi connectivity index (χ3n) is 8.36. The summed E-state index contributed by atoms with van der Waals surface area (Å²) in [6, 6.07) is 35.3. The van der Waals surface area contributed by atoms with Crippen LogP contribution in [0.25, 0.3) is 22.0 Å². The van der Waals surface area contributed by atoms with E-state index in [1.807, 2.05) is 84.9 Å². The van der Waals surface area contributed by atoms with Crippen molar-refractivity contribution in [2.75, 3.05) is 18.5 Å². The number of hydrogen-bond acceptors (Lipinski definition) is 4. The van der Waals surface area contributed by atoms with E-state index in [1.54, 1.807) is 11.1 Å². The summed E-state index contributed by atoms with van der Waals surface area (Å²) in [5.74, 6) is -0.449. The van der Waals surface area contributed by atoms with Crippen LogP contribution in [0.4, 0.5) is 10.5 Å².